The van der Waals surface area contributed by atoms with Gasteiger partial charge in [-0.05, 0) is 70.6 Å². The lowest BCUT2D eigenvalue weighted by Gasteiger charge is -2.18. The molecule has 412 valence electrons. The number of allylic oxidation sites excluding steroid dienone is 4. The summed E-state index contributed by atoms with van der Waals surface area (Å²) in [5, 5.41) is 0. The van der Waals surface area contributed by atoms with Crippen molar-refractivity contribution in [2.24, 2.45) is 0 Å². The van der Waals surface area contributed by atoms with Crippen molar-refractivity contribution in [3.8, 4) is 0 Å². The molecule has 1 atom stereocenters. The van der Waals surface area contributed by atoms with Crippen LogP contribution in [0.25, 0.3) is 0 Å². The van der Waals surface area contributed by atoms with Gasteiger partial charge in [-0.3, -0.25) is 14.4 Å². The third-order valence-corrected chi connectivity index (χ3v) is 14.2. The van der Waals surface area contributed by atoms with Crippen LogP contribution in [0.4, 0.5) is 0 Å². The second kappa shape index (κ2) is 59.5. The topological polar surface area (TPSA) is 78.9 Å². The SMILES string of the molecule is CCCCC/C=C\CCCCCCCC(=O)OC(COC(=O)CCCCCCCCCCCCC)COC(=O)CCCCCCCCCCCCCCCCCCC/C=C\CCCCCCCCCC. The Balaban J connectivity index is 4.07. The van der Waals surface area contributed by atoms with E-state index >= 15 is 0 Å². The minimum atomic E-state index is -0.770. The summed E-state index contributed by atoms with van der Waals surface area (Å²) in [6.45, 7) is 6.65. The maximum Gasteiger partial charge on any atom is 0.306 e. The van der Waals surface area contributed by atoms with Crippen LogP contribution in [0.1, 0.15) is 348 Å². The van der Waals surface area contributed by atoms with E-state index in [1.165, 1.54) is 244 Å². The molecular weight excluding hydrogens is 865 g/mol. The quantitative estimate of drug-likeness (QED) is 0.0261. The predicted molar refractivity (Wildman–Crippen MR) is 303 cm³/mol. The Morgan fingerprint density at radius 3 is 0.743 bits per heavy atom. The van der Waals surface area contributed by atoms with Crippen LogP contribution in [0.2, 0.25) is 0 Å². The Kier molecular flexibility index (Phi) is 57.7. The Labute approximate surface area is 436 Å². The normalized spacial score (nSPS) is 12.1. The van der Waals surface area contributed by atoms with Crippen molar-refractivity contribution < 1.29 is 28.6 Å². The number of hydrogen-bond donors (Lipinski definition) is 0. The summed E-state index contributed by atoms with van der Waals surface area (Å²) in [4.78, 5) is 38.1. The van der Waals surface area contributed by atoms with Gasteiger partial charge in [0, 0.05) is 19.3 Å². The molecule has 6 heteroatoms. The summed E-state index contributed by atoms with van der Waals surface area (Å²) in [6.07, 6.45) is 70.6. The van der Waals surface area contributed by atoms with Crippen molar-refractivity contribution in [1.29, 1.82) is 0 Å². The molecule has 0 aliphatic heterocycles. The van der Waals surface area contributed by atoms with Gasteiger partial charge in [-0.15, -0.1) is 0 Å². The van der Waals surface area contributed by atoms with Gasteiger partial charge in [-0.25, -0.2) is 0 Å². The molecule has 0 aromatic rings. The summed E-state index contributed by atoms with van der Waals surface area (Å²) in [7, 11) is 0. The highest BCUT2D eigenvalue weighted by atomic mass is 16.6. The first-order chi connectivity index (χ1) is 34.5. The maximum atomic E-state index is 12.8. The van der Waals surface area contributed by atoms with E-state index in [2.05, 4.69) is 45.1 Å². The van der Waals surface area contributed by atoms with Gasteiger partial charge in [0.2, 0.25) is 0 Å². The van der Waals surface area contributed by atoms with Gasteiger partial charge in [0.05, 0.1) is 0 Å². The fourth-order valence-electron chi connectivity index (χ4n) is 9.44. The van der Waals surface area contributed by atoms with Crippen LogP contribution in [-0.2, 0) is 28.6 Å². The van der Waals surface area contributed by atoms with E-state index in [0.29, 0.717) is 19.3 Å². The summed E-state index contributed by atoms with van der Waals surface area (Å²) in [5.74, 6) is -0.859. The number of hydrogen-bond acceptors (Lipinski definition) is 6. The summed E-state index contributed by atoms with van der Waals surface area (Å²) in [5.41, 5.74) is 0. The van der Waals surface area contributed by atoms with Gasteiger partial charge >= 0.3 is 17.9 Å². The molecule has 0 bridgehead atoms. The molecule has 0 aromatic carbocycles. The molecule has 0 rings (SSSR count). The fourth-order valence-corrected chi connectivity index (χ4v) is 9.44. The zero-order chi connectivity index (χ0) is 50.7. The number of unbranched alkanes of at least 4 members (excludes halogenated alkanes) is 43. The molecule has 0 saturated heterocycles. The van der Waals surface area contributed by atoms with Crippen LogP contribution in [0.3, 0.4) is 0 Å². The highest BCUT2D eigenvalue weighted by Gasteiger charge is 2.19. The van der Waals surface area contributed by atoms with Gasteiger partial charge in [-0.2, -0.15) is 0 Å². The third kappa shape index (κ3) is 56.8. The first-order valence-electron chi connectivity index (χ1n) is 31.3. The van der Waals surface area contributed by atoms with Gasteiger partial charge in [-0.1, -0.05) is 283 Å². The summed E-state index contributed by atoms with van der Waals surface area (Å²) in [6, 6.07) is 0. The van der Waals surface area contributed by atoms with Crippen LogP contribution in [0.5, 0.6) is 0 Å². The van der Waals surface area contributed by atoms with Gasteiger partial charge < -0.3 is 14.2 Å². The first kappa shape index (κ1) is 67.9. The average molecular weight is 986 g/mol. The second-order valence-electron chi connectivity index (χ2n) is 21.3. The molecule has 0 fully saturated rings. The van der Waals surface area contributed by atoms with Crippen molar-refractivity contribution in [3.05, 3.63) is 24.3 Å². The Morgan fingerprint density at radius 1 is 0.271 bits per heavy atom. The molecular formula is C64H120O6. The van der Waals surface area contributed by atoms with Crippen LogP contribution >= 0.6 is 0 Å². The van der Waals surface area contributed by atoms with Crippen molar-refractivity contribution in [3.63, 3.8) is 0 Å². The molecule has 0 amide bonds. The van der Waals surface area contributed by atoms with Gasteiger partial charge in [0.15, 0.2) is 6.10 Å². The van der Waals surface area contributed by atoms with Crippen LogP contribution in [0.15, 0.2) is 24.3 Å². The van der Waals surface area contributed by atoms with E-state index in [1.54, 1.807) is 0 Å². The lowest BCUT2D eigenvalue weighted by Crippen LogP contribution is -2.30. The zero-order valence-corrected chi connectivity index (χ0v) is 47.3. The maximum absolute atomic E-state index is 12.8. The summed E-state index contributed by atoms with van der Waals surface area (Å²) >= 11 is 0. The fraction of sp³-hybridized carbons (Fsp3) is 0.891. The van der Waals surface area contributed by atoms with Crippen molar-refractivity contribution in [2.75, 3.05) is 13.2 Å². The molecule has 0 saturated carbocycles. The molecule has 0 spiro atoms. The lowest BCUT2D eigenvalue weighted by molar-refractivity contribution is -0.167. The van der Waals surface area contributed by atoms with E-state index in [0.717, 1.165) is 64.2 Å². The molecule has 1 unspecified atom stereocenters. The number of rotatable bonds is 58. The Hall–Kier alpha value is -2.11. The number of carbonyl (C=O) groups is 3. The molecule has 0 heterocycles. The standard InChI is InChI=1S/C64H120O6/c1-4-7-10-13-16-19-22-24-25-26-27-28-29-30-31-32-33-34-35-36-37-38-39-40-43-45-48-51-54-57-63(66)69-60-61(59-68-62(65)56-53-50-47-44-41-21-18-15-12-9-6-3)70-64(67)58-55-52-49-46-42-23-20-17-14-11-8-5-2/h17,20,26-27,61H,4-16,18-19,21-25,28-60H2,1-3H3/b20-17-,27-26-. The monoisotopic (exact) mass is 985 g/mol. The van der Waals surface area contributed by atoms with Crippen molar-refractivity contribution in [2.45, 2.75) is 354 Å². The van der Waals surface area contributed by atoms with E-state index < -0.39 is 6.10 Å². The van der Waals surface area contributed by atoms with Gasteiger partial charge in [0.1, 0.15) is 13.2 Å². The molecule has 0 aliphatic rings. The number of esters is 3. The third-order valence-electron chi connectivity index (χ3n) is 14.2. The predicted octanol–water partition coefficient (Wildman–Crippen LogP) is 21.1. The van der Waals surface area contributed by atoms with Crippen molar-refractivity contribution in [1.82, 2.24) is 0 Å². The summed E-state index contributed by atoms with van der Waals surface area (Å²) < 4.78 is 16.9. The molecule has 0 aliphatic carbocycles. The molecule has 0 N–H and O–H groups in total. The minimum Gasteiger partial charge on any atom is -0.462 e. The molecule has 6 nitrogen and oxygen atoms in total. The van der Waals surface area contributed by atoms with Crippen molar-refractivity contribution >= 4 is 17.9 Å². The average Bonchev–Trinajstić information content (AvgIpc) is 3.36. The highest BCUT2D eigenvalue weighted by Crippen LogP contribution is 2.17. The minimum absolute atomic E-state index is 0.0694. The second-order valence-corrected chi connectivity index (χ2v) is 21.3. The highest BCUT2D eigenvalue weighted by molar-refractivity contribution is 5.71. The molecule has 0 aromatic heterocycles. The van der Waals surface area contributed by atoms with Gasteiger partial charge in [0.25, 0.3) is 0 Å². The van der Waals surface area contributed by atoms with E-state index in [1.807, 2.05) is 0 Å². The van der Waals surface area contributed by atoms with Crippen LogP contribution in [0, 0.1) is 0 Å². The number of ether oxygens (including phenoxy) is 3. The van der Waals surface area contributed by atoms with E-state index in [-0.39, 0.29) is 31.1 Å². The molecule has 70 heavy (non-hydrogen) atoms. The molecule has 0 radical (unpaired) electrons. The van der Waals surface area contributed by atoms with E-state index in [9.17, 15) is 14.4 Å². The lowest BCUT2D eigenvalue weighted by atomic mass is 10.0. The Bertz CT molecular complexity index is 1130. The van der Waals surface area contributed by atoms with Crippen LogP contribution in [-0.4, -0.2) is 37.2 Å². The number of carbonyl (C=O) groups excluding carboxylic acids is 3. The van der Waals surface area contributed by atoms with Crippen LogP contribution < -0.4 is 0 Å². The Morgan fingerprint density at radius 2 is 0.471 bits per heavy atom. The smallest absolute Gasteiger partial charge is 0.306 e. The van der Waals surface area contributed by atoms with E-state index in [4.69, 9.17) is 14.2 Å². The zero-order valence-electron chi connectivity index (χ0n) is 47.3. The largest absolute Gasteiger partial charge is 0.462 e. The first-order valence-corrected chi connectivity index (χ1v) is 31.3.